The number of methoxy groups -OCH3 is 1. The number of nitrogens with zero attached hydrogens (tertiary/aromatic N) is 1. The van der Waals surface area contributed by atoms with Crippen LogP contribution in [0.5, 0.6) is 0 Å². The lowest BCUT2D eigenvalue weighted by Gasteiger charge is -2.42. The number of aromatic nitrogens is 1. The molecule has 1 saturated heterocycles. The molecule has 6 nitrogen and oxygen atoms in total. The van der Waals surface area contributed by atoms with Crippen molar-refractivity contribution in [2.75, 3.05) is 7.11 Å². The molecule has 0 spiro atoms. The van der Waals surface area contributed by atoms with Crippen LogP contribution in [0, 0.1) is 0 Å². The van der Waals surface area contributed by atoms with Gasteiger partial charge in [0.15, 0.2) is 14.6 Å². The molecule has 1 amide bonds. The van der Waals surface area contributed by atoms with Crippen molar-refractivity contribution in [3.05, 3.63) is 35.7 Å². The second kappa shape index (κ2) is 8.64. The van der Waals surface area contributed by atoms with Gasteiger partial charge in [0.2, 0.25) is 0 Å². The Labute approximate surface area is 163 Å². The number of primary amides is 1. The number of carbonyl (C=O) groups excluding carboxylic acids is 1. The molecule has 7 heteroatoms. The molecule has 1 fully saturated rings. The molecule has 1 aliphatic rings. The first-order chi connectivity index (χ1) is 12.5. The van der Waals surface area contributed by atoms with Crippen LogP contribution < -0.4 is 5.73 Å². The molecule has 1 aliphatic heterocycles. The third kappa shape index (κ3) is 5.71. The fraction of sp³-hybridized carbons (Fsp3) is 0.600. The van der Waals surface area contributed by atoms with E-state index in [-0.39, 0.29) is 23.5 Å². The first kappa shape index (κ1) is 21.8. The first-order valence-corrected chi connectivity index (χ1v) is 12.2. The van der Waals surface area contributed by atoms with Crippen LogP contribution in [0.4, 0.5) is 0 Å². The Morgan fingerprint density at radius 1 is 1.37 bits per heavy atom. The maximum atomic E-state index is 11.6. The summed E-state index contributed by atoms with van der Waals surface area (Å²) in [5.41, 5.74) is 6.53. The fourth-order valence-electron chi connectivity index (χ4n) is 2.81. The molecule has 0 bridgehead atoms. The first-order valence-electron chi connectivity index (χ1n) is 9.31. The molecule has 0 unspecified atom stereocenters. The number of ether oxygens (including phenoxy) is 2. The Morgan fingerprint density at radius 2 is 2.07 bits per heavy atom. The van der Waals surface area contributed by atoms with E-state index in [1.165, 1.54) is 6.20 Å². The highest BCUT2D eigenvalue weighted by Crippen LogP contribution is 2.39. The minimum absolute atomic E-state index is 0.0762. The average Bonchev–Trinajstić information content (AvgIpc) is 2.58. The number of rotatable bonds is 6. The smallest absolute Gasteiger partial charge is 0.250 e. The molecule has 0 saturated carbocycles. The van der Waals surface area contributed by atoms with Crippen molar-refractivity contribution in [1.82, 2.24) is 4.98 Å². The Kier molecular flexibility index (Phi) is 6.96. The molecule has 2 rings (SSSR count). The molecular weight excluding hydrogens is 360 g/mol. The van der Waals surface area contributed by atoms with E-state index in [1.54, 1.807) is 19.4 Å². The van der Waals surface area contributed by atoms with E-state index in [0.717, 1.165) is 18.4 Å². The summed E-state index contributed by atoms with van der Waals surface area (Å²) in [6.07, 6.45) is 7.98. The minimum atomic E-state index is -1.88. The van der Waals surface area contributed by atoms with Crippen molar-refractivity contribution in [3.8, 4) is 0 Å². The molecule has 27 heavy (non-hydrogen) atoms. The summed E-state index contributed by atoms with van der Waals surface area (Å²) < 4.78 is 18.0. The van der Waals surface area contributed by atoms with Gasteiger partial charge in [-0.3, -0.25) is 9.78 Å². The van der Waals surface area contributed by atoms with Crippen LogP contribution in [0.3, 0.4) is 0 Å². The molecule has 1 aromatic rings. The normalized spacial score (nSPS) is 24.3. The number of carbonyl (C=O) groups is 1. The Morgan fingerprint density at radius 3 is 2.67 bits per heavy atom. The van der Waals surface area contributed by atoms with Crippen LogP contribution in [-0.4, -0.2) is 44.8 Å². The van der Waals surface area contributed by atoms with Crippen molar-refractivity contribution in [1.29, 1.82) is 0 Å². The van der Waals surface area contributed by atoms with E-state index in [2.05, 4.69) is 38.8 Å². The summed E-state index contributed by atoms with van der Waals surface area (Å²) in [6.45, 7) is 11.2. The van der Waals surface area contributed by atoms with Crippen LogP contribution in [0.1, 0.15) is 49.5 Å². The molecule has 2 heterocycles. The summed E-state index contributed by atoms with van der Waals surface area (Å²) >= 11 is 0. The summed E-state index contributed by atoms with van der Waals surface area (Å²) in [7, 11) is -0.233. The van der Waals surface area contributed by atoms with Gasteiger partial charge in [0, 0.05) is 32.3 Å². The van der Waals surface area contributed by atoms with Crippen LogP contribution in [-0.2, 0) is 13.9 Å². The van der Waals surface area contributed by atoms with E-state index >= 15 is 0 Å². The van der Waals surface area contributed by atoms with Gasteiger partial charge in [-0.2, -0.15) is 0 Å². The average molecular weight is 393 g/mol. The molecule has 0 aromatic carbocycles. The molecule has 150 valence electrons. The van der Waals surface area contributed by atoms with Crippen LogP contribution in [0.2, 0.25) is 18.1 Å². The highest BCUT2D eigenvalue weighted by Gasteiger charge is 2.41. The molecule has 0 aliphatic carbocycles. The lowest BCUT2D eigenvalue weighted by atomic mass is 10.0. The molecule has 3 atom stereocenters. The summed E-state index contributed by atoms with van der Waals surface area (Å²) in [4.78, 5) is 15.5. The van der Waals surface area contributed by atoms with E-state index < -0.39 is 14.2 Å². The van der Waals surface area contributed by atoms with Crippen molar-refractivity contribution < 1.29 is 18.7 Å². The zero-order valence-electron chi connectivity index (χ0n) is 17.2. The number of amides is 1. The van der Waals surface area contributed by atoms with E-state index in [0.29, 0.717) is 5.56 Å². The highest BCUT2D eigenvalue weighted by molar-refractivity contribution is 6.74. The van der Waals surface area contributed by atoms with Gasteiger partial charge in [0.1, 0.15) is 0 Å². The zero-order chi connectivity index (χ0) is 20.2. The van der Waals surface area contributed by atoms with Gasteiger partial charge in [-0.05, 0) is 29.8 Å². The molecular formula is C20H32N2O4Si. The third-order valence-electron chi connectivity index (χ3n) is 5.42. The Bertz CT molecular complexity index is 685. The van der Waals surface area contributed by atoms with Gasteiger partial charge in [0.05, 0.1) is 17.8 Å². The van der Waals surface area contributed by atoms with Crippen LogP contribution in [0.15, 0.2) is 24.5 Å². The van der Waals surface area contributed by atoms with Crippen molar-refractivity contribution in [2.24, 2.45) is 5.73 Å². The Balaban J connectivity index is 2.14. The largest absolute Gasteiger partial charge is 0.414 e. The maximum Gasteiger partial charge on any atom is 0.250 e. The number of hydrogen-bond donors (Lipinski definition) is 1. The fourth-order valence-corrected chi connectivity index (χ4v) is 4.19. The van der Waals surface area contributed by atoms with Crippen molar-refractivity contribution in [2.45, 2.75) is 70.2 Å². The second-order valence-electron chi connectivity index (χ2n) is 8.50. The quantitative estimate of drug-likeness (QED) is 0.746. The molecule has 1 aromatic heterocycles. The SMILES string of the molecule is CO[C@@H]1C[C@H](O[Si](C)(C)C(C)(C)C)C[C@H](/C=C/c2ccncc2C(N)=O)O1. The van der Waals surface area contributed by atoms with Crippen molar-refractivity contribution in [3.63, 3.8) is 0 Å². The second-order valence-corrected chi connectivity index (χ2v) is 13.3. The van der Waals surface area contributed by atoms with E-state index in [9.17, 15) is 4.79 Å². The van der Waals surface area contributed by atoms with Gasteiger partial charge >= 0.3 is 0 Å². The zero-order valence-corrected chi connectivity index (χ0v) is 18.2. The van der Waals surface area contributed by atoms with Gasteiger partial charge in [-0.15, -0.1) is 0 Å². The van der Waals surface area contributed by atoms with Crippen LogP contribution in [0.25, 0.3) is 6.08 Å². The predicted octanol–water partition coefficient (Wildman–Crippen LogP) is 3.74. The van der Waals surface area contributed by atoms with Crippen LogP contribution >= 0.6 is 0 Å². The number of pyridine rings is 1. The summed E-state index contributed by atoms with van der Waals surface area (Å²) in [5, 5.41) is 0.145. The number of nitrogens with two attached hydrogens (primary N) is 1. The van der Waals surface area contributed by atoms with Gasteiger partial charge in [-0.1, -0.05) is 32.9 Å². The van der Waals surface area contributed by atoms with Gasteiger partial charge < -0.3 is 19.6 Å². The number of hydrogen-bond acceptors (Lipinski definition) is 5. The summed E-state index contributed by atoms with van der Waals surface area (Å²) in [6, 6.07) is 1.76. The van der Waals surface area contributed by atoms with E-state index in [4.69, 9.17) is 19.6 Å². The molecule has 2 N–H and O–H groups in total. The third-order valence-corrected chi connectivity index (χ3v) is 9.95. The highest BCUT2D eigenvalue weighted by atomic mass is 28.4. The lowest BCUT2D eigenvalue weighted by Crippen LogP contribution is -2.47. The topological polar surface area (TPSA) is 83.7 Å². The standard InChI is InChI=1S/C20H32N2O4Si/c1-20(2,3)27(5,6)26-16-11-15(25-18(12-16)24-4)8-7-14-9-10-22-13-17(14)19(21)23/h7-10,13,15-16,18H,11-12H2,1-6H3,(H2,21,23)/b8-7+/t15-,16+,18-/m0/s1. The van der Waals surface area contributed by atoms with Gasteiger partial charge in [-0.25, -0.2) is 0 Å². The molecule has 0 radical (unpaired) electrons. The minimum Gasteiger partial charge on any atom is -0.414 e. The van der Waals surface area contributed by atoms with E-state index in [1.807, 2.05) is 12.2 Å². The van der Waals surface area contributed by atoms with Crippen molar-refractivity contribution >= 4 is 20.3 Å². The summed E-state index contributed by atoms with van der Waals surface area (Å²) in [5.74, 6) is -0.499. The van der Waals surface area contributed by atoms with Gasteiger partial charge in [0.25, 0.3) is 5.91 Å². The lowest BCUT2D eigenvalue weighted by molar-refractivity contribution is -0.188. The Hall–Kier alpha value is -1.54. The predicted molar refractivity (Wildman–Crippen MR) is 109 cm³/mol. The maximum absolute atomic E-state index is 11.6. The monoisotopic (exact) mass is 392 g/mol.